The third-order valence-corrected chi connectivity index (χ3v) is 6.82. The van der Waals surface area contributed by atoms with Crippen LogP contribution >= 0.6 is 0 Å². The summed E-state index contributed by atoms with van der Waals surface area (Å²) in [4.78, 5) is 12.9. The first kappa shape index (κ1) is 23.6. The molecule has 3 aromatic rings. The van der Waals surface area contributed by atoms with Gasteiger partial charge < -0.3 is 15.2 Å². The monoisotopic (exact) mass is 456 g/mol. The molecule has 0 saturated heterocycles. The van der Waals surface area contributed by atoms with E-state index in [1.54, 1.807) is 81.6 Å². The number of hydrogen-bond donors (Lipinski definition) is 1. The van der Waals surface area contributed by atoms with Crippen LogP contribution in [0.3, 0.4) is 0 Å². The second-order valence-corrected chi connectivity index (χ2v) is 9.62. The average Bonchev–Trinajstić information content (AvgIpc) is 3.24. The highest BCUT2D eigenvalue weighted by Gasteiger charge is 2.34. The highest BCUT2D eigenvalue weighted by atomic mass is 32.2. The quantitative estimate of drug-likeness (QED) is 0.521. The summed E-state index contributed by atoms with van der Waals surface area (Å²) < 4.78 is 38.6. The first-order chi connectivity index (χ1) is 15.1. The van der Waals surface area contributed by atoms with Gasteiger partial charge in [0.25, 0.3) is 10.0 Å². The van der Waals surface area contributed by atoms with Gasteiger partial charge in [-0.25, -0.2) is 12.4 Å². The molecule has 0 aliphatic heterocycles. The standard InChI is InChI=1S/C24H28N2O5S/c1-16(2)31-24(27)23(25)22(18-9-11-19(30-4)12-10-18)21-6-5-15-26(21)32(28,29)20-13-7-17(3)8-14-20/h5-16,22-23H,25H2,1-4H3/t22-,23+/m1/s1. The fourth-order valence-electron chi connectivity index (χ4n) is 3.48. The maximum atomic E-state index is 13.4. The minimum atomic E-state index is -3.91. The van der Waals surface area contributed by atoms with E-state index in [9.17, 15) is 13.2 Å². The molecule has 0 unspecified atom stereocenters. The minimum absolute atomic E-state index is 0.146. The number of benzene rings is 2. The number of carbonyl (C=O) groups excluding carboxylic acids is 1. The van der Waals surface area contributed by atoms with Crippen molar-refractivity contribution in [2.45, 2.75) is 43.7 Å². The van der Waals surface area contributed by atoms with Crippen LogP contribution in [0.1, 0.15) is 36.6 Å². The molecule has 0 saturated carbocycles. The summed E-state index contributed by atoms with van der Waals surface area (Å²) in [7, 11) is -2.35. The number of nitrogens with two attached hydrogens (primary N) is 1. The highest BCUT2D eigenvalue weighted by molar-refractivity contribution is 7.90. The Hall–Kier alpha value is -3.10. The smallest absolute Gasteiger partial charge is 0.324 e. The second kappa shape index (κ2) is 9.58. The average molecular weight is 457 g/mol. The number of esters is 1. The van der Waals surface area contributed by atoms with Crippen molar-refractivity contribution in [1.29, 1.82) is 0 Å². The van der Waals surface area contributed by atoms with Crippen LogP contribution < -0.4 is 10.5 Å². The molecule has 0 bridgehead atoms. The summed E-state index contributed by atoms with van der Waals surface area (Å²) >= 11 is 0. The Labute approximate surface area is 188 Å². The fraction of sp³-hybridized carbons (Fsp3) is 0.292. The van der Waals surface area contributed by atoms with Crippen LogP contribution in [-0.2, 0) is 19.6 Å². The molecule has 7 nitrogen and oxygen atoms in total. The molecule has 0 aliphatic rings. The Morgan fingerprint density at radius 3 is 2.19 bits per heavy atom. The molecule has 0 radical (unpaired) electrons. The number of carbonyl (C=O) groups is 1. The van der Waals surface area contributed by atoms with E-state index < -0.39 is 28.0 Å². The van der Waals surface area contributed by atoms with Crippen LogP contribution in [0.5, 0.6) is 5.75 Å². The number of methoxy groups -OCH3 is 1. The van der Waals surface area contributed by atoms with Crippen LogP contribution in [0.15, 0.2) is 71.8 Å². The van der Waals surface area contributed by atoms with Crippen LogP contribution in [0.4, 0.5) is 0 Å². The fourth-order valence-corrected chi connectivity index (χ4v) is 4.87. The van der Waals surface area contributed by atoms with Gasteiger partial charge in [-0.3, -0.25) is 4.79 Å². The lowest BCUT2D eigenvalue weighted by molar-refractivity contribution is -0.149. The van der Waals surface area contributed by atoms with Crippen molar-refractivity contribution in [2.75, 3.05) is 7.11 Å². The van der Waals surface area contributed by atoms with E-state index >= 15 is 0 Å². The van der Waals surface area contributed by atoms with Crippen molar-refractivity contribution in [3.8, 4) is 5.75 Å². The van der Waals surface area contributed by atoms with Crippen molar-refractivity contribution in [3.05, 3.63) is 83.7 Å². The van der Waals surface area contributed by atoms with Gasteiger partial charge in [0, 0.05) is 11.9 Å². The van der Waals surface area contributed by atoms with Crippen LogP contribution in [0.2, 0.25) is 0 Å². The second-order valence-electron chi connectivity index (χ2n) is 7.81. The Bertz CT molecular complexity index is 1170. The summed E-state index contributed by atoms with van der Waals surface area (Å²) in [5, 5.41) is 0. The molecule has 2 aromatic carbocycles. The van der Waals surface area contributed by atoms with Gasteiger partial charge in [0.05, 0.1) is 24.0 Å². The predicted octanol–water partition coefficient (Wildman–Crippen LogP) is 3.45. The highest BCUT2D eigenvalue weighted by Crippen LogP contribution is 2.32. The van der Waals surface area contributed by atoms with Gasteiger partial charge in [0.1, 0.15) is 11.8 Å². The summed E-state index contributed by atoms with van der Waals surface area (Å²) in [6.45, 7) is 5.35. The topological polar surface area (TPSA) is 101 Å². The lowest BCUT2D eigenvalue weighted by Gasteiger charge is -2.25. The normalized spacial score (nSPS) is 13.6. The molecule has 8 heteroatoms. The molecule has 0 fully saturated rings. The number of ether oxygens (including phenoxy) is 2. The van der Waals surface area contributed by atoms with Crippen molar-refractivity contribution in [3.63, 3.8) is 0 Å². The molecule has 1 heterocycles. The lowest BCUT2D eigenvalue weighted by atomic mass is 9.89. The molecule has 0 amide bonds. The van der Waals surface area contributed by atoms with Gasteiger partial charge in [0.15, 0.2) is 0 Å². The van der Waals surface area contributed by atoms with Gasteiger partial charge in [0.2, 0.25) is 0 Å². The Kier molecular flexibility index (Phi) is 7.06. The maximum absolute atomic E-state index is 13.4. The molecule has 1 aromatic heterocycles. The van der Waals surface area contributed by atoms with Crippen molar-refractivity contribution in [1.82, 2.24) is 3.97 Å². The molecule has 2 atom stereocenters. The maximum Gasteiger partial charge on any atom is 0.324 e. The van der Waals surface area contributed by atoms with Gasteiger partial charge in [-0.05, 0) is 62.7 Å². The third-order valence-electron chi connectivity index (χ3n) is 5.10. The van der Waals surface area contributed by atoms with Gasteiger partial charge in [-0.1, -0.05) is 29.8 Å². The molecule has 32 heavy (non-hydrogen) atoms. The summed E-state index contributed by atoms with van der Waals surface area (Å²) in [5.41, 5.74) is 8.34. The molecular formula is C24H28N2O5S. The number of aromatic nitrogens is 1. The number of nitrogens with zero attached hydrogens (tertiary/aromatic N) is 1. The van der Waals surface area contributed by atoms with Crippen molar-refractivity contribution < 1.29 is 22.7 Å². The summed E-state index contributed by atoms with van der Waals surface area (Å²) in [6, 6.07) is 15.8. The van der Waals surface area contributed by atoms with E-state index in [1.165, 1.54) is 10.2 Å². The van der Waals surface area contributed by atoms with Crippen molar-refractivity contribution in [2.24, 2.45) is 5.73 Å². The molecule has 3 rings (SSSR count). The zero-order chi connectivity index (χ0) is 23.5. The Balaban J connectivity index is 2.13. The number of rotatable bonds is 8. The van der Waals surface area contributed by atoms with E-state index in [2.05, 4.69) is 0 Å². The van der Waals surface area contributed by atoms with Crippen LogP contribution in [0.25, 0.3) is 0 Å². The zero-order valence-electron chi connectivity index (χ0n) is 18.6. The van der Waals surface area contributed by atoms with E-state index in [0.29, 0.717) is 17.0 Å². The van der Waals surface area contributed by atoms with E-state index in [0.717, 1.165) is 5.56 Å². The van der Waals surface area contributed by atoms with Crippen molar-refractivity contribution >= 4 is 16.0 Å². The van der Waals surface area contributed by atoms with Gasteiger partial charge in [-0.2, -0.15) is 0 Å². The number of aryl methyl sites for hydroxylation is 1. The molecule has 2 N–H and O–H groups in total. The Morgan fingerprint density at radius 2 is 1.62 bits per heavy atom. The molecule has 0 aliphatic carbocycles. The van der Waals surface area contributed by atoms with Crippen LogP contribution in [0, 0.1) is 6.92 Å². The van der Waals surface area contributed by atoms with E-state index in [-0.39, 0.29) is 11.0 Å². The largest absolute Gasteiger partial charge is 0.497 e. The van der Waals surface area contributed by atoms with Gasteiger partial charge >= 0.3 is 5.97 Å². The first-order valence-electron chi connectivity index (χ1n) is 10.2. The minimum Gasteiger partial charge on any atom is -0.497 e. The molecular weight excluding hydrogens is 428 g/mol. The zero-order valence-corrected chi connectivity index (χ0v) is 19.4. The molecule has 170 valence electrons. The SMILES string of the molecule is COc1ccc([C@H](c2cccn2S(=O)(=O)c2ccc(C)cc2)[C@H](N)C(=O)OC(C)C)cc1. The molecule has 0 spiro atoms. The summed E-state index contributed by atoms with van der Waals surface area (Å²) in [6.07, 6.45) is 1.11. The number of hydrogen-bond acceptors (Lipinski definition) is 6. The van der Waals surface area contributed by atoms with E-state index in [4.69, 9.17) is 15.2 Å². The van der Waals surface area contributed by atoms with E-state index in [1.807, 2.05) is 6.92 Å². The summed E-state index contributed by atoms with van der Waals surface area (Å²) in [5.74, 6) is -0.739. The third kappa shape index (κ3) is 4.87. The van der Waals surface area contributed by atoms with Gasteiger partial charge in [-0.15, -0.1) is 0 Å². The Morgan fingerprint density at radius 1 is 1.00 bits per heavy atom. The van der Waals surface area contributed by atoms with Crippen LogP contribution in [-0.4, -0.2) is 37.6 Å². The lowest BCUT2D eigenvalue weighted by Crippen LogP contribution is -2.40. The predicted molar refractivity (Wildman–Crippen MR) is 122 cm³/mol. The first-order valence-corrected chi connectivity index (χ1v) is 11.7.